The zero-order valence-corrected chi connectivity index (χ0v) is 18.4. The molecule has 3 atom stereocenters. The van der Waals surface area contributed by atoms with Crippen LogP contribution in [0.25, 0.3) is 0 Å². The van der Waals surface area contributed by atoms with Crippen molar-refractivity contribution in [2.75, 3.05) is 28.4 Å². The number of carbonyl (C=O) groups excluding carboxylic acids is 1. The summed E-state index contributed by atoms with van der Waals surface area (Å²) in [5, 5.41) is 3.59. The number of methoxy groups -OCH3 is 4. The number of halogens is 1. The lowest BCUT2D eigenvalue weighted by molar-refractivity contribution is 0.0270. The number of ether oxygens (including phenoxy) is 5. The second-order valence-corrected chi connectivity index (χ2v) is 7.25. The molecule has 4 rings (SSSR count). The molecule has 2 aliphatic heterocycles. The van der Waals surface area contributed by atoms with Crippen molar-refractivity contribution in [2.24, 2.45) is 0 Å². The van der Waals surface area contributed by atoms with Gasteiger partial charge in [-0.15, -0.1) is 12.4 Å². The van der Waals surface area contributed by atoms with Gasteiger partial charge < -0.3 is 29.0 Å². The minimum Gasteiger partial charge on any atom is -0.493 e. The Bertz CT molecular complexity index is 963. The monoisotopic (exact) mass is 435 g/mol. The van der Waals surface area contributed by atoms with Gasteiger partial charge in [0.15, 0.2) is 23.0 Å². The highest BCUT2D eigenvalue weighted by Crippen LogP contribution is 2.48. The van der Waals surface area contributed by atoms with Crippen molar-refractivity contribution >= 4 is 18.4 Å². The summed E-state index contributed by atoms with van der Waals surface area (Å²) < 4.78 is 27.6. The van der Waals surface area contributed by atoms with Gasteiger partial charge in [0.2, 0.25) is 0 Å². The second-order valence-electron chi connectivity index (χ2n) is 7.25. The minimum atomic E-state index is -0.489. The number of hydrogen-bond donors (Lipinski definition) is 1. The van der Waals surface area contributed by atoms with E-state index in [0.29, 0.717) is 28.6 Å². The van der Waals surface area contributed by atoms with E-state index in [-0.39, 0.29) is 24.5 Å². The van der Waals surface area contributed by atoms with Gasteiger partial charge >= 0.3 is 5.97 Å². The SMILES string of the molecule is COc1cc2c(cc1OC)[C@@H]([C@@H]1OC(=O)c3c1ccc(OC)c3OC)N[C@@H](C)C2.Cl. The Morgan fingerprint density at radius 2 is 1.60 bits per heavy atom. The van der Waals surface area contributed by atoms with E-state index in [1.54, 1.807) is 27.4 Å². The van der Waals surface area contributed by atoms with Crippen LogP contribution in [0.1, 0.15) is 46.1 Å². The molecule has 2 heterocycles. The molecule has 2 aromatic carbocycles. The van der Waals surface area contributed by atoms with Crippen molar-refractivity contribution in [1.82, 2.24) is 5.32 Å². The first-order valence-corrected chi connectivity index (χ1v) is 9.49. The molecule has 2 aliphatic rings. The normalized spacial score (nSPS) is 21.6. The molecule has 0 saturated carbocycles. The largest absolute Gasteiger partial charge is 0.493 e. The Kier molecular flexibility index (Phi) is 6.33. The third-order valence-electron chi connectivity index (χ3n) is 5.60. The summed E-state index contributed by atoms with van der Waals surface area (Å²) in [6.45, 7) is 2.11. The number of esters is 1. The fourth-order valence-electron chi connectivity index (χ4n) is 4.31. The van der Waals surface area contributed by atoms with Crippen LogP contribution in [0.5, 0.6) is 23.0 Å². The number of cyclic esters (lactones) is 1. The van der Waals surface area contributed by atoms with Gasteiger partial charge in [0.05, 0.1) is 34.5 Å². The molecule has 0 fully saturated rings. The lowest BCUT2D eigenvalue weighted by Crippen LogP contribution is -2.40. The van der Waals surface area contributed by atoms with Crippen molar-refractivity contribution in [3.05, 3.63) is 46.5 Å². The van der Waals surface area contributed by atoms with Gasteiger partial charge in [0.1, 0.15) is 11.7 Å². The first kappa shape index (κ1) is 22.1. The number of hydrogen-bond acceptors (Lipinski definition) is 7. The summed E-state index contributed by atoms with van der Waals surface area (Å²) in [4.78, 5) is 12.8. The summed E-state index contributed by atoms with van der Waals surface area (Å²) in [6, 6.07) is 7.61. The first-order chi connectivity index (χ1) is 14.0. The van der Waals surface area contributed by atoms with E-state index >= 15 is 0 Å². The molecular formula is C22H26ClNO6. The van der Waals surface area contributed by atoms with Crippen LogP contribution in [-0.4, -0.2) is 40.5 Å². The Labute approximate surface area is 182 Å². The molecule has 0 spiro atoms. The number of fused-ring (bicyclic) bond motifs is 2. The van der Waals surface area contributed by atoms with Crippen LogP contribution in [0.2, 0.25) is 0 Å². The van der Waals surface area contributed by atoms with E-state index in [1.807, 2.05) is 18.2 Å². The van der Waals surface area contributed by atoms with E-state index in [4.69, 9.17) is 23.7 Å². The van der Waals surface area contributed by atoms with E-state index in [2.05, 4.69) is 12.2 Å². The van der Waals surface area contributed by atoms with Crippen LogP contribution in [-0.2, 0) is 11.2 Å². The molecule has 162 valence electrons. The predicted molar refractivity (Wildman–Crippen MR) is 114 cm³/mol. The number of rotatable bonds is 5. The van der Waals surface area contributed by atoms with Crippen LogP contribution in [0.4, 0.5) is 0 Å². The summed E-state index contributed by atoms with van der Waals surface area (Å²) in [5.74, 6) is 1.82. The molecule has 0 aromatic heterocycles. The first-order valence-electron chi connectivity index (χ1n) is 9.49. The average Bonchev–Trinajstić information content (AvgIpc) is 3.07. The lowest BCUT2D eigenvalue weighted by Gasteiger charge is -2.35. The molecule has 0 radical (unpaired) electrons. The van der Waals surface area contributed by atoms with E-state index in [1.165, 1.54) is 7.11 Å². The highest BCUT2D eigenvalue weighted by Gasteiger charge is 2.43. The van der Waals surface area contributed by atoms with Crippen LogP contribution >= 0.6 is 12.4 Å². The third-order valence-corrected chi connectivity index (χ3v) is 5.60. The molecular weight excluding hydrogens is 410 g/mol. The highest BCUT2D eigenvalue weighted by atomic mass is 35.5. The van der Waals surface area contributed by atoms with Crippen LogP contribution in [0.15, 0.2) is 24.3 Å². The van der Waals surface area contributed by atoms with Gasteiger partial charge in [0, 0.05) is 11.6 Å². The molecule has 30 heavy (non-hydrogen) atoms. The quantitative estimate of drug-likeness (QED) is 0.718. The van der Waals surface area contributed by atoms with Crippen molar-refractivity contribution in [3.63, 3.8) is 0 Å². The summed E-state index contributed by atoms with van der Waals surface area (Å²) in [7, 11) is 6.30. The molecule has 2 aromatic rings. The molecule has 0 bridgehead atoms. The Balaban J connectivity index is 0.00000256. The van der Waals surface area contributed by atoms with E-state index in [9.17, 15) is 4.79 Å². The van der Waals surface area contributed by atoms with Gasteiger partial charge in [-0.3, -0.25) is 0 Å². The van der Waals surface area contributed by atoms with Crippen molar-refractivity contribution < 1.29 is 28.5 Å². The molecule has 1 N–H and O–H groups in total. The maximum atomic E-state index is 12.8. The standard InChI is InChI=1S/C22H25NO6.ClH/c1-11-8-12-9-16(26-3)17(27-4)10-14(12)19(23-11)20-13-6-7-15(25-2)21(28-5)18(13)22(24)29-20;/h6-7,9-11,19-20,23H,8H2,1-5H3;1H/t11-,19-,20+;/m0./s1. The summed E-state index contributed by atoms with van der Waals surface area (Å²) in [5.41, 5.74) is 3.36. The topological polar surface area (TPSA) is 75.3 Å². The van der Waals surface area contributed by atoms with Crippen molar-refractivity contribution in [2.45, 2.75) is 31.5 Å². The number of nitrogens with one attached hydrogen (secondary N) is 1. The zero-order chi connectivity index (χ0) is 20.7. The fourth-order valence-corrected chi connectivity index (χ4v) is 4.31. The van der Waals surface area contributed by atoms with Gasteiger partial charge in [-0.2, -0.15) is 0 Å². The van der Waals surface area contributed by atoms with Crippen molar-refractivity contribution in [3.8, 4) is 23.0 Å². The Morgan fingerprint density at radius 3 is 2.23 bits per heavy atom. The number of benzene rings is 2. The molecule has 7 nitrogen and oxygen atoms in total. The second kappa shape index (κ2) is 8.62. The smallest absolute Gasteiger partial charge is 0.343 e. The van der Waals surface area contributed by atoms with Crippen LogP contribution in [0.3, 0.4) is 0 Å². The summed E-state index contributed by atoms with van der Waals surface area (Å²) in [6.07, 6.45) is 0.350. The maximum absolute atomic E-state index is 12.8. The zero-order valence-electron chi connectivity index (χ0n) is 17.6. The Morgan fingerprint density at radius 1 is 0.933 bits per heavy atom. The lowest BCUT2D eigenvalue weighted by atomic mass is 9.85. The maximum Gasteiger partial charge on any atom is 0.343 e. The molecule has 0 unspecified atom stereocenters. The minimum absolute atomic E-state index is 0. The third kappa shape index (κ3) is 3.42. The number of carbonyl (C=O) groups is 1. The van der Waals surface area contributed by atoms with E-state index in [0.717, 1.165) is 23.1 Å². The molecule has 0 aliphatic carbocycles. The van der Waals surface area contributed by atoms with Gasteiger partial charge in [-0.25, -0.2) is 4.79 Å². The van der Waals surface area contributed by atoms with Gasteiger partial charge in [0.25, 0.3) is 0 Å². The Hall–Kier alpha value is -2.64. The molecule has 8 heteroatoms. The fraction of sp³-hybridized carbons (Fsp3) is 0.409. The molecule has 0 saturated heterocycles. The predicted octanol–water partition coefficient (Wildman–Crippen LogP) is 3.63. The summed E-state index contributed by atoms with van der Waals surface area (Å²) >= 11 is 0. The molecule has 0 amide bonds. The van der Waals surface area contributed by atoms with Crippen LogP contribution < -0.4 is 24.3 Å². The highest BCUT2D eigenvalue weighted by molar-refractivity contribution is 5.98. The van der Waals surface area contributed by atoms with Crippen molar-refractivity contribution in [1.29, 1.82) is 0 Å². The van der Waals surface area contributed by atoms with Crippen LogP contribution in [0, 0.1) is 0 Å². The van der Waals surface area contributed by atoms with Gasteiger partial charge in [-0.05, 0) is 42.7 Å². The van der Waals surface area contributed by atoms with E-state index < -0.39 is 12.1 Å². The van der Waals surface area contributed by atoms with Gasteiger partial charge in [-0.1, -0.05) is 6.07 Å². The average molecular weight is 436 g/mol.